The Morgan fingerprint density at radius 2 is 1.39 bits per heavy atom. The van der Waals surface area contributed by atoms with E-state index in [9.17, 15) is 4.79 Å². The molecule has 2 N–H and O–H groups in total. The molecule has 0 saturated heterocycles. The van der Waals surface area contributed by atoms with Gasteiger partial charge in [0.1, 0.15) is 5.82 Å². The molecule has 5 rings (SSSR count). The van der Waals surface area contributed by atoms with E-state index in [0.717, 1.165) is 54.0 Å². The van der Waals surface area contributed by atoms with Crippen LogP contribution in [-0.4, -0.2) is 22.5 Å². The molecule has 0 bridgehead atoms. The third-order valence-corrected chi connectivity index (χ3v) is 7.43. The quantitative estimate of drug-likeness (QED) is 0.172. The van der Waals surface area contributed by atoms with Gasteiger partial charge < -0.3 is 15.2 Å². The Balaban J connectivity index is 1.61. The predicted octanol–water partition coefficient (Wildman–Crippen LogP) is 7.45. The summed E-state index contributed by atoms with van der Waals surface area (Å²) in [7, 11) is 1.65. The Bertz CT molecular complexity index is 1530. The smallest absolute Gasteiger partial charge is 0.251 e. The lowest BCUT2D eigenvalue weighted by Gasteiger charge is -2.24. The van der Waals surface area contributed by atoms with Crippen molar-refractivity contribution >= 4 is 5.91 Å². The number of carbonyl (C=O) groups is 1. The summed E-state index contributed by atoms with van der Waals surface area (Å²) in [6.45, 7) is 3.79. The van der Waals surface area contributed by atoms with Gasteiger partial charge in [0.25, 0.3) is 5.91 Å². The van der Waals surface area contributed by atoms with E-state index in [2.05, 4.69) is 113 Å². The molecule has 41 heavy (non-hydrogen) atoms. The van der Waals surface area contributed by atoms with Crippen molar-refractivity contribution in [3.8, 4) is 22.6 Å². The van der Waals surface area contributed by atoms with Crippen molar-refractivity contribution in [2.24, 2.45) is 0 Å². The highest BCUT2D eigenvalue weighted by molar-refractivity contribution is 5.93. The van der Waals surface area contributed by atoms with E-state index < -0.39 is 0 Å². The minimum Gasteiger partial charge on any atom is -0.355 e. The summed E-state index contributed by atoms with van der Waals surface area (Å²) < 4.78 is 2.44. The second kappa shape index (κ2) is 13.7. The topological polar surface area (TPSA) is 59.0 Å². The fraction of sp³-hybridized carbons (Fsp3) is 0.222. The molecule has 5 nitrogen and oxygen atoms in total. The number of rotatable bonds is 12. The number of nitrogens with zero attached hydrogens (tertiary/aromatic N) is 2. The highest BCUT2D eigenvalue weighted by atomic mass is 16.1. The summed E-state index contributed by atoms with van der Waals surface area (Å²) >= 11 is 0. The Morgan fingerprint density at radius 3 is 2.00 bits per heavy atom. The number of amides is 1. The minimum atomic E-state index is -0.0766. The van der Waals surface area contributed by atoms with Gasteiger partial charge in [-0.05, 0) is 36.1 Å². The molecule has 5 aromatic rings. The third kappa shape index (κ3) is 6.82. The van der Waals surface area contributed by atoms with E-state index >= 15 is 0 Å². The molecular formula is C36H38N4O. The molecule has 0 aliphatic heterocycles. The number of hydrogen-bond donors (Lipinski definition) is 2. The molecule has 5 heteroatoms. The fourth-order valence-corrected chi connectivity index (χ4v) is 5.25. The van der Waals surface area contributed by atoms with Crippen LogP contribution >= 0.6 is 0 Å². The summed E-state index contributed by atoms with van der Waals surface area (Å²) in [6.07, 6.45) is 2.99. The van der Waals surface area contributed by atoms with Crippen LogP contribution in [0.25, 0.3) is 22.6 Å². The van der Waals surface area contributed by atoms with E-state index in [0.29, 0.717) is 12.1 Å². The molecule has 1 unspecified atom stereocenters. The SMILES string of the molecule is CCCCn1c(-c2ccccc2)nc(-c2ccccc2)c1C(Cc1ccccc1)NCc1ccc(C(=O)NC)cc1. The summed E-state index contributed by atoms with van der Waals surface area (Å²) in [5.41, 5.74) is 7.51. The summed E-state index contributed by atoms with van der Waals surface area (Å²) in [4.78, 5) is 17.4. The Hall–Kier alpha value is -4.48. The van der Waals surface area contributed by atoms with Crippen LogP contribution in [0.3, 0.4) is 0 Å². The van der Waals surface area contributed by atoms with Gasteiger partial charge in [-0.15, -0.1) is 0 Å². The molecular weight excluding hydrogens is 504 g/mol. The van der Waals surface area contributed by atoms with E-state index in [1.165, 1.54) is 11.3 Å². The molecule has 0 radical (unpaired) electrons. The molecule has 208 valence electrons. The lowest BCUT2D eigenvalue weighted by molar-refractivity contribution is 0.0963. The average Bonchev–Trinajstić information content (AvgIpc) is 3.42. The van der Waals surface area contributed by atoms with Gasteiger partial charge in [0, 0.05) is 36.8 Å². The fourth-order valence-electron chi connectivity index (χ4n) is 5.25. The van der Waals surface area contributed by atoms with Gasteiger partial charge in [-0.2, -0.15) is 0 Å². The Kier molecular flexibility index (Phi) is 9.40. The van der Waals surface area contributed by atoms with Gasteiger partial charge in [-0.1, -0.05) is 116 Å². The number of hydrogen-bond acceptors (Lipinski definition) is 3. The number of carbonyl (C=O) groups excluding carboxylic acids is 1. The second-order valence-corrected chi connectivity index (χ2v) is 10.3. The maximum absolute atomic E-state index is 12.1. The van der Waals surface area contributed by atoms with E-state index in [1.54, 1.807) is 7.05 Å². The molecule has 0 aliphatic carbocycles. The maximum atomic E-state index is 12.1. The normalized spacial score (nSPS) is 11.8. The summed E-state index contributed by atoms with van der Waals surface area (Å²) in [6, 6.07) is 39.5. The summed E-state index contributed by atoms with van der Waals surface area (Å²) in [5, 5.41) is 6.59. The molecule has 0 spiro atoms. The molecule has 1 atom stereocenters. The molecule has 1 aromatic heterocycles. The van der Waals surface area contributed by atoms with Crippen LogP contribution in [-0.2, 0) is 19.5 Å². The van der Waals surface area contributed by atoms with Crippen LogP contribution in [0.1, 0.15) is 53.0 Å². The number of nitrogens with one attached hydrogen (secondary N) is 2. The molecule has 4 aromatic carbocycles. The molecule has 0 fully saturated rings. The second-order valence-electron chi connectivity index (χ2n) is 10.3. The van der Waals surface area contributed by atoms with Gasteiger partial charge in [0.05, 0.1) is 17.4 Å². The van der Waals surface area contributed by atoms with E-state index in [4.69, 9.17) is 4.98 Å². The molecule has 0 aliphatic rings. The zero-order chi connectivity index (χ0) is 28.4. The zero-order valence-electron chi connectivity index (χ0n) is 23.9. The van der Waals surface area contributed by atoms with Gasteiger partial charge in [0.2, 0.25) is 0 Å². The largest absolute Gasteiger partial charge is 0.355 e. The number of aromatic nitrogens is 2. The lowest BCUT2D eigenvalue weighted by Crippen LogP contribution is -2.26. The Morgan fingerprint density at radius 1 is 0.780 bits per heavy atom. The van der Waals surface area contributed by atoms with Crippen molar-refractivity contribution in [3.63, 3.8) is 0 Å². The first-order valence-electron chi connectivity index (χ1n) is 14.5. The van der Waals surface area contributed by atoms with E-state index in [-0.39, 0.29) is 11.9 Å². The van der Waals surface area contributed by atoms with Crippen LogP contribution < -0.4 is 10.6 Å². The van der Waals surface area contributed by atoms with Crippen LogP contribution in [0.15, 0.2) is 115 Å². The average molecular weight is 543 g/mol. The minimum absolute atomic E-state index is 0.00745. The van der Waals surface area contributed by atoms with Gasteiger partial charge in [0.15, 0.2) is 0 Å². The lowest BCUT2D eigenvalue weighted by atomic mass is 9.98. The number of imidazole rings is 1. The Labute approximate surface area is 243 Å². The third-order valence-electron chi connectivity index (χ3n) is 7.43. The van der Waals surface area contributed by atoms with Crippen LogP contribution in [0.4, 0.5) is 0 Å². The predicted molar refractivity (Wildman–Crippen MR) is 168 cm³/mol. The highest BCUT2D eigenvalue weighted by Gasteiger charge is 2.26. The first-order valence-corrected chi connectivity index (χ1v) is 14.5. The molecule has 0 saturated carbocycles. The monoisotopic (exact) mass is 542 g/mol. The zero-order valence-corrected chi connectivity index (χ0v) is 23.9. The first kappa shape index (κ1) is 28.1. The van der Waals surface area contributed by atoms with Crippen LogP contribution in [0.2, 0.25) is 0 Å². The molecule has 1 heterocycles. The van der Waals surface area contributed by atoms with Crippen molar-refractivity contribution in [3.05, 3.63) is 138 Å². The van der Waals surface area contributed by atoms with Crippen molar-refractivity contribution < 1.29 is 4.79 Å². The highest BCUT2D eigenvalue weighted by Crippen LogP contribution is 2.35. The maximum Gasteiger partial charge on any atom is 0.251 e. The van der Waals surface area contributed by atoms with Crippen molar-refractivity contribution in [2.75, 3.05) is 7.05 Å². The van der Waals surface area contributed by atoms with Crippen LogP contribution in [0, 0.1) is 0 Å². The molecule has 1 amide bonds. The van der Waals surface area contributed by atoms with Gasteiger partial charge >= 0.3 is 0 Å². The van der Waals surface area contributed by atoms with Crippen molar-refractivity contribution in [1.29, 1.82) is 0 Å². The van der Waals surface area contributed by atoms with Gasteiger partial charge in [-0.3, -0.25) is 4.79 Å². The number of benzene rings is 4. The van der Waals surface area contributed by atoms with E-state index in [1.807, 2.05) is 24.3 Å². The van der Waals surface area contributed by atoms with Gasteiger partial charge in [-0.25, -0.2) is 4.98 Å². The summed E-state index contributed by atoms with van der Waals surface area (Å²) in [5.74, 6) is 0.926. The standard InChI is InChI=1S/C36H38N4O/c1-3-4-24-40-34(33(29-16-10-6-11-17-29)39-35(40)30-18-12-7-13-19-30)32(25-27-14-8-5-9-15-27)38-26-28-20-22-31(23-21-28)36(41)37-2/h5-23,32,38H,3-4,24-26H2,1-2H3,(H,37,41). The van der Waals surface area contributed by atoms with Crippen molar-refractivity contribution in [2.45, 2.75) is 45.3 Å². The first-order chi connectivity index (χ1) is 20.2. The van der Waals surface area contributed by atoms with Crippen LogP contribution in [0.5, 0.6) is 0 Å². The van der Waals surface area contributed by atoms with Crippen molar-refractivity contribution in [1.82, 2.24) is 20.2 Å². The number of unbranched alkanes of at least 4 members (excludes halogenated alkanes) is 1.